The summed E-state index contributed by atoms with van der Waals surface area (Å²) in [5.74, 6) is 2.42. The van der Waals surface area contributed by atoms with Crippen LogP contribution in [0.25, 0.3) is 0 Å². The van der Waals surface area contributed by atoms with Crippen molar-refractivity contribution in [3.05, 3.63) is 5.28 Å². The van der Waals surface area contributed by atoms with Gasteiger partial charge in [-0.15, -0.1) is 0 Å². The van der Waals surface area contributed by atoms with Crippen molar-refractivity contribution < 1.29 is 14.2 Å². The molecule has 7 heteroatoms. The molecule has 1 aromatic heterocycles. The number of fused-ring (bicyclic) bond motifs is 1. The highest BCUT2D eigenvalue weighted by Crippen LogP contribution is 2.43. The Morgan fingerprint density at radius 2 is 1.95 bits per heavy atom. The third-order valence-corrected chi connectivity index (χ3v) is 4.07. The Bertz CT molecular complexity index is 518. The number of hydrogen-bond acceptors (Lipinski definition) is 6. The molecule has 1 aliphatic carbocycles. The minimum absolute atomic E-state index is 0.103. The van der Waals surface area contributed by atoms with Crippen molar-refractivity contribution in [3.63, 3.8) is 0 Å². The van der Waals surface area contributed by atoms with E-state index in [1.807, 2.05) is 0 Å². The van der Waals surface area contributed by atoms with Gasteiger partial charge in [0, 0.05) is 13.1 Å². The van der Waals surface area contributed by atoms with Crippen molar-refractivity contribution in [2.75, 3.05) is 37.8 Å². The molecule has 3 heterocycles. The summed E-state index contributed by atoms with van der Waals surface area (Å²) in [4.78, 5) is 10.6. The van der Waals surface area contributed by atoms with Gasteiger partial charge in [0.1, 0.15) is 12.7 Å². The lowest BCUT2D eigenvalue weighted by atomic mass is 10.2. The summed E-state index contributed by atoms with van der Waals surface area (Å²) in [5, 5.41) is 0.199. The maximum atomic E-state index is 6.03. The molecule has 0 bridgehead atoms. The van der Waals surface area contributed by atoms with E-state index in [1.54, 1.807) is 0 Å². The Balaban J connectivity index is 1.65. The van der Waals surface area contributed by atoms with E-state index >= 15 is 0 Å². The van der Waals surface area contributed by atoms with Crippen LogP contribution < -0.4 is 14.4 Å². The molecule has 108 valence electrons. The molecule has 0 aromatic carbocycles. The Kier molecular flexibility index (Phi) is 3.07. The number of rotatable bonds is 2. The predicted molar refractivity (Wildman–Crippen MR) is 72.7 cm³/mol. The van der Waals surface area contributed by atoms with Gasteiger partial charge in [0.25, 0.3) is 5.88 Å². The summed E-state index contributed by atoms with van der Waals surface area (Å²) in [5.41, 5.74) is 0. The maximum absolute atomic E-state index is 6.03. The molecular formula is C13H16ClN3O3. The molecule has 3 aliphatic rings. The summed E-state index contributed by atoms with van der Waals surface area (Å²) in [6, 6.07) is 0. The molecule has 0 radical (unpaired) electrons. The first kappa shape index (κ1) is 12.5. The third-order valence-electron chi connectivity index (χ3n) is 3.90. The van der Waals surface area contributed by atoms with Crippen molar-refractivity contribution in [2.24, 2.45) is 5.92 Å². The molecule has 0 N–H and O–H groups in total. The monoisotopic (exact) mass is 297 g/mol. The van der Waals surface area contributed by atoms with Crippen LogP contribution >= 0.6 is 11.6 Å². The molecule has 0 amide bonds. The summed E-state index contributed by atoms with van der Waals surface area (Å²) in [7, 11) is 0. The SMILES string of the molecule is Clc1nc2c(c(N3CCOCC3)n1)OC[C@@H](C1CC1)O2. The smallest absolute Gasteiger partial charge is 0.264 e. The maximum Gasteiger partial charge on any atom is 0.264 e. The first-order valence-electron chi connectivity index (χ1n) is 7.01. The van der Waals surface area contributed by atoms with Crippen LogP contribution in [0.2, 0.25) is 5.28 Å². The quantitative estimate of drug-likeness (QED) is 0.772. The molecule has 1 saturated heterocycles. The third kappa shape index (κ3) is 2.27. The second-order valence-corrected chi connectivity index (χ2v) is 5.69. The predicted octanol–water partition coefficient (Wildman–Crippen LogP) is 1.52. The van der Waals surface area contributed by atoms with Gasteiger partial charge in [-0.05, 0) is 30.4 Å². The zero-order chi connectivity index (χ0) is 13.5. The molecule has 4 rings (SSSR count). The molecule has 0 unspecified atom stereocenters. The molecule has 20 heavy (non-hydrogen) atoms. The van der Waals surface area contributed by atoms with E-state index in [9.17, 15) is 0 Å². The molecule has 1 saturated carbocycles. The van der Waals surface area contributed by atoms with E-state index in [-0.39, 0.29) is 11.4 Å². The van der Waals surface area contributed by atoms with E-state index < -0.39 is 0 Å². The number of halogens is 1. The molecular weight excluding hydrogens is 282 g/mol. The van der Waals surface area contributed by atoms with E-state index in [1.165, 1.54) is 12.8 Å². The summed E-state index contributed by atoms with van der Waals surface area (Å²) in [6.07, 6.45) is 2.52. The van der Waals surface area contributed by atoms with Gasteiger partial charge in [0.05, 0.1) is 13.2 Å². The summed E-state index contributed by atoms with van der Waals surface area (Å²) >= 11 is 6.03. The van der Waals surface area contributed by atoms with Crippen molar-refractivity contribution in [1.82, 2.24) is 9.97 Å². The van der Waals surface area contributed by atoms with Gasteiger partial charge in [-0.3, -0.25) is 0 Å². The summed E-state index contributed by atoms with van der Waals surface area (Å²) in [6.45, 7) is 3.48. The van der Waals surface area contributed by atoms with Gasteiger partial charge in [0.2, 0.25) is 11.0 Å². The molecule has 2 aliphatic heterocycles. The Morgan fingerprint density at radius 1 is 1.15 bits per heavy atom. The Morgan fingerprint density at radius 3 is 2.70 bits per heavy atom. The van der Waals surface area contributed by atoms with Crippen LogP contribution in [0, 0.1) is 5.92 Å². The fraction of sp³-hybridized carbons (Fsp3) is 0.692. The van der Waals surface area contributed by atoms with Crippen LogP contribution in [0.1, 0.15) is 12.8 Å². The van der Waals surface area contributed by atoms with E-state index in [4.69, 9.17) is 25.8 Å². The zero-order valence-corrected chi connectivity index (χ0v) is 11.8. The van der Waals surface area contributed by atoms with Crippen LogP contribution in [-0.2, 0) is 4.74 Å². The molecule has 2 fully saturated rings. The van der Waals surface area contributed by atoms with E-state index in [0.717, 1.165) is 18.9 Å². The number of aromatic nitrogens is 2. The molecule has 0 spiro atoms. The standard InChI is InChI=1S/C13H16ClN3O3/c14-13-15-11(17-3-5-18-6-4-17)10-12(16-13)20-9(7-19-10)8-1-2-8/h8-9H,1-7H2/t9-/m0/s1. The van der Waals surface area contributed by atoms with Gasteiger partial charge in [0.15, 0.2) is 5.82 Å². The van der Waals surface area contributed by atoms with Gasteiger partial charge >= 0.3 is 0 Å². The number of ether oxygens (including phenoxy) is 3. The first-order chi connectivity index (χ1) is 9.81. The van der Waals surface area contributed by atoms with Crippen LogP contribution in [-0.4, -0.2) is 49.0 Å². The highest BCUT2D eigenvalue weighted by molar-refractivity contribution is 6.28. The average Bonchev–Trinajstić information content (AvgIpc) is 3.31. The van der Waals surface area contributed by atoms with Crippen LogP contribution in [0.5, 0.6) is 11.6 Å². The normalized spacial score (nSPS) is 25.6. The van der Waals surface area contributed by atoms with Gasteiger partial charge in [-0.1, -0.05) is 0 Å². The number of nitrogens with zero attached hydrogens (tertiary/aromatic N) is 3. The van der Waals surface area contributed by atoms with Gasteiger partial charge in [-0.25, -0.2) is 0 Å². The van der Waals surface area contributed by atoms with Gasteiger partial charge < -0.3 is 19.1 Å². The van der Waals surface area contributed by atoms with E-state index in [0.29, 0.717) is 37.4 Å². The fourth-order valence-electron chi connectivity index (χ4n) is 2.63. The largest absolute Gasteiger partial charge is 0.481 e. The number of hydrogen-bond donors (Lipinski definition) is 0. The lowest BCUT2D eigenvalue weighted by molar-refractivity contribution is 0.0690. The van der Waals surface area contributed by atoms with Crippen LogP contribution in [0.3, 0.4) is 0 Å². The second kappa shape index (κ2) is 4.93. The van der Waals surface area contributed by atoms with Crippen molar-refractivity contribution in [3.8, 4) is 11.6 Å². The minimum Gasteiger partial charge on any atom is -0.481 e. The molecule has 6 nitrogen and oxygen atoms in total. The molecule has 1 atom stereocenters. The van der Waals surface area contributed by atoms with Crippen LogP contribution in [0.15, 0.2) is 0 Å². The van der Waals surface area contributed by atoms with E-state index in [2.05, 4.69) is 14.9 Å². The van der Waals surface area contributed by atoms with Gasteiger partial charge in [-0.2, -0.15) is 9.97 Å². The van der Waals surface area contributed by atoms with Crippen molar-refractivity contribution in [2.45, 2.75) is 18.9 Å². The number of morpholine rings is 1. The van der Waals surface area contributed by atoms with Crippen LogP contribution in [0.4, 0.5) is 5.82 Å². The fourth-order valence-corrected chi connectivity index (χ4v) is 2.79. The zero-order valence-electron chi connectivity index (χ0n) is 11.0. The Hall–Kier alpha value is -1.27. The highest BCUT2D eigenvalue weighted by atomic mass is 35.5. The lowest BCUT2D eigenvalue weighted by Crippen LogP contribution is -2.38. The first-order valence-corrected chi connectivity index (χ1v) is 7.39. The number of anilines is 1. The lowest BCUT2D eigenvalue weighted by Gasteiger charge is -2.32. The van der Waals surface area contributed by atoms with Crippen molar-refractivity contribution in [1.29, 1.82) is 0 Å². The second-order valence-electron chi connectivity index (χ2n) is 5.35. The highest BCUT2D eigenvalue weighted by Gasteiger charge is 2.38. The minimum atomic E-state index is 0.103. The average molecular weight is 298 g/mol. The van der Waals surface area contributed by atoms with Crippen molar-refractivity contribution >= 4 is 17.4 Å². The summed E-state index contributed by atoms with van der Waals surface area (Å²) < 4.78 is 17.2. The Labute approximate surface area is 122 Å². The topological polar surface area (TPSA) is 56.7 Å². The molecule has 1 aromatic rings.